The van der Waals surface area contributed by atoms with Crippen LogP contribution in [-0.4, -0.2) is 42.9 Å². The van der Waals surface area contributed by atoms with Crippen molar-refractivity contribution in [3.8, 4) is 0 Å². The van der Waals surface area contributed by atoms with Crippen LogP contribution in [0.5, 0.6) is 0 Å². The third-order valence-electron chi connectivity index (χ3n) is 3.03. The fourth-order valence-corrected chi connectivity index (χ4v) is 1.83. The molecule has 20 heavy (non-hydrogen) atoms. The van der Waals surface area contributed by atoms with Crippen molar-refractivity contribution in [2.45, 2.75) is 27.2 Å². The van der Waals surface area contributed by atoms with E-state index in [1.54, 1.807) is 12.1 Å². The summed E-state index contributed by atoms with van der Waals surface area (Å²) in [6, 6.07) is 3.42. The van der Waals surface area contributed by atoms with Crippen LogP contribution in [0.1, 0.15) is 37.7 Å². The van der Waals surface area contributed by atoms with Crippen molar-refractivity contribution in [3.63, 3.8) is 0 Å². The van der Waals surface area contributed by atoms with E-state index in [1.165, 1.54) is 7.11 Å². The summed E-state index contributed by atoms with van der Waals surface area (Å²) in [7, 11) is 1.32. The van der Waals surface area contributed by atoms with Gasteiger partial charge in [0, 0.05) is 13.1 Å². The Morgan fingerprint density at radius 2 is 2.10 bits per heavy atom. The standard InChI is InChI=1S/C14H24N4O2/c1-5-8-18(10-14(2,3)9-15)12-7-6-11(16-17-12)13(19)20-4/h6-7H,5,8-10,15H2,1-4H3. The molecule has 6 heteroatoms. The van der Waals surface area contributed by atoms with Gasteiger partial charge in [0.2, 0.25) is 0 Å². The maximum atomic E-state index is 11.3. The molecule has 1 aromatic heterocycles. The van der Waals surface area contributed by atoms with E-state index in [-0.39, 0.29) is 11.1 Å². The molecule has 112 valence electrons. The molecule has 0 amide bonds. The molecule has 0 unspecified atom stereocenters. The maximum absolute atomic E-state index is 11.3. The van der Waals surface area contributed by atoms with Gasteiger partial charge >= 0.3 is 5.97 Å². The van der Waals surface area contributed by atoms with Gasteiger partial charge in [0.1, 0.15) is 0 Å². The van der Waals surface area contributed by atoms with E-state index in [0.29, 0.717) is 6.54 Å². The Hall–Kier alpha value is -1.69. The number of nitrogens with two attached hydrogens (primary N) is 1. The van der Waals surface area contributed by atoms with Gasteiger partial charge in [-0.25, -0.2) is 4.79 Å². The molecular weight excluding hydrogens is 256 g/mol. The number of aromatic nitrogens is 2. The first-order chi connectivity index (χ1) is 9.43. The predicted molar refractivity (Wildman–Crippen MR) is 78.7 cm³/mol. The van der Waals surface area contributed by atoms with E-state index in [9.17, 15) is 4.79 Å². The SMILES string of the molecule is CCCN(CC(C)(C)CN)c1ccc(C(=O)OC)nn1. The smallest absolute Gasteiger partial charge is 0.358 e. The first-order valence-corrected chi connectivity index (χ1v) is 6.80. The molecule has 2 N–H and O–H groups in total. The number of hydrogen-bond donors (Lipinski definition) is 1. The summed E-state index contributed by atoms with van der Waals surface area (Å²) in [6.07, 6.45) is 1.00. The number of hydrogen-bond acceptors (Lipinski definition) is 6. The quantitative estimate of drug-likeness (QED) is 0.762. The topological polar surface area (TPSA) is 81.3 Å². The van der Waals surface area contributed by atoms with Crippen molar-refractivity contribution >= 4 is 11.8 Å². The number of carbonyl (C=O) groups is 1. The molecule has 0 radical (unpaired) electrons. The van der Waals surface area contributed by atoms with Gasteiger partial charge in [-0.15, -0.1) is 10.2 Å². The largest absolute Gasteiger partial charge is 0.464 e. The highest BCUT2D eigenvalue weighted by Gasteiger charge is 2.21. The zero-order chi connectivity index (χ0) is 15.2. The van der Waals surface area contributed by atoms with Crippen LogP contribution in [0.2, 0.25) is 0 Å². The van der Waals surface area contributed by atoms with Gasteiger partial charge in [-0.05, 0) is 30.5 Å². The summed E-state index contributed by atoms with van der Waals surface area (Å²) in [5.74, 6) is 0.273. The first-order valence-electron chi connectivity index (χ1n) is 6.80. The number of anilines is 1. The monoisotopic (exact) mass is 280 g/mol. The van der Waals surface area contributed by atoms with Crippen molar-refractivity contribution in [2.75, 3.05) is 31.6 Å². The first kappa shape index (κ1) is 16.4. The number of esters is 1. The van der Waals surface area contributed by atoms with Gasteiger partial charge in [-0.2, -0.15) is 0 Å². The molecule has 0 atom stereocenters. The fraction of sp³-hybridized carbons (Fsp3) is 0.643. The highest BCUT2D eigenvalue weighted by atomic mass is 16.5. The Labute approximate surface area is 120 Å². The highest BCUT2D eigenvalue weighted by Crippen LogP contribution is 2.19. The van der Waals surface area contributed by atoms with E-state index in [4.69, 9.17) is 5.73 Å². The molecule has 0 aliphatic carbocycles. The summed E-state index contributed by atoms with van der Waals surface area (Å²) in [5, 5.41) is 8.03. The van der Waals surface area contributed by atoms with E-state index in [2.05, 4.69) is 40.6 Å². The third-order valence-corrected chi connectivity index (χ3v) is 3.03. The van der Waals surface area contributed by atoms with Gasteiger partial charge in [-0.1, -0.05) is 20.8 Å². The summed E-state index contributed by atoms with van der Waals surface area (Å²) in [6.45, 7) is 8.61. The molecule has 1 aromatic rings. The zero-order valence-corrected chi connectivity index (χ0v) is 12.7. The Morgan fingerprint density at radius 3 is 2.55 bits per heavy atom. The number of nitrogens with zero attached hydrogens (tertiary/aromatic N) is 3. The number of methoxy groups -OCH3 is 1. The zero-order valence-electron chi connectivity index (χ0n) is 12.7. The van der Waals surface area contributed by atoms with Crippen LogP contribution in [0, 0.1) is 5.41 Å². The second-order valence-corrected chi connectivity index (χ2v) is 5.56. The summed E-state index contributed by atoms with van der Waals surface area (Å²) < 4.78 is 4.61. The lowest BCUT2D eigenvalue weighted by molar-refractivity contribution is 0.0592. The molecule has 1 heterocycles. The van der Waals surface area contributed by atoms with Crippen molar-refractivity contribution in [1.29, 1.82) is 0 Å². The van der Waals surface area contributed by atoms with E-state index in [0.717, 1.165) is 25.3 Å². The van der Waals surface area contributed by atoms with Crippen LogP contribution < -0.4 is 10.6 Å². The molecule has 0 aromatic carbocycles. The minimum Gasteiger partial charge on any atom is -0.464 e. The second kappa shape index (κ2) is 7.19. The molecule has 0 spiro atoms. The van der Waals surface area contributed by atoms with Crippen molar-refractivity contribution < 1.29 is 9.53 Å². The predicted octanol–water partition coefficient (Wildman–Crippen LogP) is 1.46. The van der Waals surface area contributed by atoms with E-state index >= 15 is 0 Å². The third kappa shape index (κ3) is 4.45. The van der Waals surface area contributed by atoms with Crippen LogP contribution in [0.4, 0.5) is 5.82 Å². The summed E-state index contributed by atoms with van der Waals surface area (Å²) in [5.41, 5.74) is 6.00. The Kier molecular flexibility index (Phi) is 5.88. The van der Waals surface area contributed by atoms with Crippen LogP contribution in [0.3, 0.4) is 0 Å². The fourth-order valence-electron chi connectivity index (χ4n) is 1.83. The lowest BCUT2D eigenvalue weighted by Crippen LogP contribution is -2.39. The molecule has 0 saturated carbocycles. The van der Waals surface area contributed by atoms with Gasteiger partial charge in [0.25, 0.3) is 0 Å². The van der Waals surface area contributed by atoms with Crippen molar-refractivity contribution in [3.05, 3.63) is 17.8 Å². The van der Waals surface area contributed by atoms with Crippen LogP contribution >= 0.6 is 0 Å². The van der Waals surface area contributed by atoms with E-state index < -0.39 is 5.97 Å². The van der Waals surface area contributed by atoms with Gasteiger partial charge in [0.05, 0.1) is 7.11 Å². The maximum Gasteiger partial charge on any atom is 0.358 e. The molecule has 1 rings (SSSR count). The number of carbonyl (C=O) groups excluding carboxylic acids is 1. The minimum atomic E-state index is -0.478. The van der Waals surface area contributed by atoms with Gasteiger partial charge in [0.15, 0.2) is 11.5 Å². The average Bonchev–Trinajstić information content (AvgIpc) is 2.46. The highest BCUT2D eigenvalue weighted by molar-refractivity contribution is 5.86. The summed E-state index contributed by atoms with van der Waals surface area (Å²) >= 11 is 0. The van der Waals surface area contributed by atoms with Crippen molar-refractivity contribution in [1.82, 2.24) is 10.2 Å². The normalized spacial score (nSPS) is 11.2. The molecule has 0 aliphatic heterocycles. The van der Waals surface area contributed by atoms with Crippen LogP contribution in [0.15, 0.2) is 12.1 Å². The molecule has 0 bridgehead atoms. The lowest BCUT2D eigenvalue weighted by atomic mass is 9.93. The Bertz CT molecular complexity index is 431. The molecule has 0 fully saturated rings. The molecular formula is C14H24N4O2. The minimum absolute atomic E-state index is 0.00211. The van der Waals surface area contributed by atoms with Gasteiger partial charge < -0.3 is 15.4 Å². The molecule has 0 saturated heterocycles. The van der Waals surface area contributed by atoms with Crippen LogP contribution in [-0.2, 0) is 4.74 Å². The Balaban J connectivity index is 2.89. The van der Waals surface area contributed by atoms with Gasteiger partial charge in [-0.3, -0.25) is 0 Å². The number of rotatable bonds is 7. The number of ether oxygens (including phenoxy) is 1. The Morgan fingerprint density at radius 1 is 1.40 bits per heavy atom. The molecule has 6 nitrogen and oxygen atoms in total. The van der Waals surface area contributed by atoms with E-state index in [1.807, 2.05) is 0 Å². The molecule has 0 aliphatic rings. The van der Waals surface area contributed by atoms with Crippen LogP contribution in [0.25, 0.3) is 0 Å². The second-order valence-electron chi connectivity index (χ2n) is 5.56. The lowest BCUT2D eigenvalue weighted by Gasteiger charge is -2.32. The summed E-state index contributed by atoms with van der Waals surface area (Å²) in [4.78, 5) is 13.5. The average molecular weight is 280 g/mol. The van der Waals surface area contributed by atoms with Crippen molar-refractivity contribution in [2.24, 2.45) is 11.1 Å².